The van der Waals surface area contributed by atoms with Crippen molar-refractivity contribution in [1.29, 1.82) is 0 Å². The standard InChI is InChI=1S/C9H15N3O2S/c1-2-7-11-8(15-12-7)10-5-9(13)3-4-14-6-9/h13H,2-6H2,1H3,(H,10,11,12). The third kappa shape index (κ3) is 2.64. The molecule has 2 rings (SSSR count). The summed E-state index contributed by atoms with van der Waals surface area (Å²) in [4.78, 5) is 4.27. The molecule has 15 heavy (non-hydrogen) atoms. The Bertz CT molecular complexity index is 323. The third-order valence-electron chi connectivity index (χ3n) is 2.44. The Hall–Kier alpha value is -0.720. The second-order valence-electron chi connectivity index (χ2n) is 3.75. The van der Waals surface area contributed by atoms with Crippen LogP contribution in [0.2, 0.25) is 0 Å². The molecule has 1 saturated heterocycles. The summed E-state index contributed by atoms with van der Waals surface area (Å²) in [6.07, 6.45) is 1.52. The lowest BCUT2D eigenvalue weighted by atomic mass is 10.0. The van der Waals surface area contributed by atoms with Crippen LogP contribution in [0.3, 0.4) is 0 Å². The van der Waals surface area contributed by atoms with Crippen molar-refractivity contribution in [2.24, 2.45) is 0 Å². The maximum Gasteiger partial charge on any atom is 0.202 e. The van der Waals surface area contributed by atoms with Gasteiger partial charge in [0.2, 0.25) is 5.13 Å². The SMILES string of the molecule is CCc1nsc(NCC2(O)CCOC2)n1. The number of aromatic nitrogens is 2. The summed E-state index contributed by atoms with van der Waals surface area (Å²) < 4.78 is 9.31. The molecule has 0 saturated carbocycles. The van der Waals surface area contributed by atoms with Gasteiger partial charge in [-0.15, -0.1) is 0 Å². The fraction of sp³-hybridized carbons (Fsp3) is 0.778. The molecule has 1 aliphatic rings. The van der Waals surface area contributed by atoms with E-state index in [0.29, 0.717) is 26.2 Å². The molecule has 5 nitrogen and oxygen atoms in total. The van der Waals surface area contributed by atoms with Crippen LogP contribution in [0, 0.1) is 0 Å². The first-order valence-corrected chi connectivity index (χ1v) is 5.86. The number of nitrogens with zero attached hydrogens (tertiary/aromatic N) is 2. The highest BCUT2D eigenvalue weighted by molar-refractivity contribution is 7.09. The van der Waals surface area contributed by atoms with Gasteiger partial charge in [-0.25, -0.2) is 4.98 Å². The maximum atomic E-state index is 9.99. The van der Waals surface area contributed by atoms with Crippen LogP contribution in [-0.2, 0) is 11.2 Å². The molecule has 0 bridgehead atoms. The molecule has 0 aromatic carbocycles. The number of ether oxygens (including phenoxy) is 1. The summed E-state index contributed by atoms with van der Waals surface area (Å²) in [6, 6.07) is 0. The van der Waals surface area contributed by atoms with Gasteiger partial charge in [0, 0.05) is 37.5 Å². The predicted molar refractivity (Wildman–Crippen MR) is 58.2 cm³/mol. The van der Waals surface area contributed by atoms with E-state index in [9.17, 15) is 5.11 Å². The lowest BCUT2D eigenvalue weighted by Crippen LogP contribution is -2.37. The van der Waals surface area contributed by atoms with Crippen LogP contribution in [-0.4, -0.2) is 39.8 Å². The van der Waals surface area contributed by atoms with E-state index < -0.39 is 5.60 Å². The molecular weight excluding hydrogens is 214 g/mol. The molecule has 2 heterocycles. The van der Waals surface area contributed by atoms with E-state index in [0.717, 1.165) is 17.4 Å². The van der Waals surface area contributed by atoms with Crippen molar-refractivity contribution in [1.82, 2.24) is 9.36 Å². The van der Waals surface area contributed by atoms with Crippen LogP contribution >= 0.6 is 11.5 Å². The molecule has 1 aromatic heterocycles. The van der Waals surface area contributed by atoms with Crippen LogP contribution < -0.4 is 5.32 Å². The number of hydrogen-bond donors (Lipinski definition) is 2. The number of rotatable bonds is 4. The van der Waals surface area contributed by atoms with Gasteiger partial charge in [-0.1, -0.05) is 6.92 Å². The lowest BCUT2D eigenvalue weighted by Gasteiger charge is -2.19. The fourth-order valence-corrected chi connectivity index (χ4v) is 2.09. The molecule has 84 valence electrons. The minimum Gasteiger partial charge on any atom is -0.386 e. The monoisotopic (exact) mass is 229 g/mol. The second kappa shape index (κ2) is 4.42. The fourth-order valence-electron chi connectivity index (χ4n) is 1.45. The van der Waals surface area contributed by atoms with E-state index in [1.165, 1.54) is 11.5 Å². The van der Waals surface area contributed by atoms with Crippen molar-refractivity contribution in [2.75, 3.05) is 25.1 Å². The van der Waals surface area contributed by atoms with E-state index >= 15 is 0 Å². The van der Waals surface area contributed by atoms with Crippen LogP contribution in [0.5, 0.6) is 0 Å². The van der Waals surface area contributed by atoms with Gasteiger partial charge in [-0.3, -0.25) is 0 Å². The Kier molecular flexibility index (Phi) is 3.18. The van der Waals surface area contributed by atoms with E-state index in [2.05, 4.69) is 14.7 Å². The first-order chi connectivity index (χ1) is 7.22. The minimum absolute atomic E-state index is 0.402. The van der Waals surface area contributed by atoms with E-state index in [1.807, 2.05) is 6.92 Å². The third-order valence-corrected chi connectivity index (χ3v) is 3.15. The molecule has 0 radical (unpaired) electrons. The molecule has 1 unspecified atom stereocenters. The van der Waals surface area contributed by atoms with Crippen LogP contribution in [0.25, 0.3) is 0 Å². The van der Waals surface area contributed by atoms with Gasteiger partial charge in [0.25, 0.3) is 0 Å². The summed E-state index contributed by atoms with van der Waals surface area (Å²) >= 11 is 1.33. The highest BCUT2D eigenvalue weighted by atomic mass is 32.1. The van der Waals surface area contributed by atoms with Crippen molar-refractivity contribution in [2.45, 2.75) is 25.4 Å². The summed E-state index contributed by atoms with van der Waals surface area (Å²) in [5.41, 5.74) is -0.738. The Labute approximate surface area is 92.7 Å². The minimum atomic E-state index is -0.738. The average Bonchev–Trinajstić information content (AvgIpc) is 2.84. The van der Waals surface area contributed by atoms with E-state index in [1.54, 1.807) is 0 Å². The second-order valence-corrected chi connectivity index (χ2v) is 4.50. The van der Waals surface area contributed by atoms with Gasteiger partial charge in [0.15, 0.2) is 0 Å². The zero-order valence-corrected chi connectivity index (χ0v) is 9.51. The molecule has 0 aliphatic carbocycles. The first kappa shape index (κ1) is 10.8. The first-order valence-electron chi connectivity index (χ1n) is 5.08. The van der Waals surface area contributed by atoms with E-state index in [-0.39, 0.29) is 0 Å². The van der Waals surface area contributed by atoms with Gasteiger partial charge in [-0.2, -0.15) is 4.37 Å². The number of nitrogens with one attached hydrogen (secondary N) is 1. The highest BCUT2D eigenvalue weighted by Crippen LogP contribution is 2.20. The summed E-state index contributed by atoms with van der Waals surface area (Å²) in [5, 5.41) is 13.9. The lowest BCUT2D eigenvalue weighted by molar-refractivity contribution is 0.0382. The Morgan fingerprint density at radius 1 is 1.67 bits per heavy atom. The van der Waals surface area contributed by atoms with Crippen molar-refractivity contribution in [3.63, 3.8) is 0 Å². The molecule has 1 fully saturated rings. The van der Waals surface area contributed by atoms with Gasteiger partial charge in [0.1, 0.15) is 11.4 Å². The van der Waals surface area contributed by atoms with Gasteiger partial charge >= 0.3 is 0 Å². The summed E-state index contributed by atoms with van der Waals surface area (Å²) in [7, 11) is 0. The molecule has 2 N–H and O–H groups in total. The number of hydrogen-bond acceptors (Lipinski definition) is 6. The normalized spacial score (nSPS) is 25.7. The molecule has 1 atom stereocenters. The quantitative estimate of drug-likeness (QED) is 0.794. The average molecular weight is 229 g/mol. The summed E-state index contributed by atoms with van der Waals surface area (Å²) in [5.74, 6) is 0.845. The summed E-state index contributed by atoms with van der Waals surface area (Å²) in [6.45, 7) is 3.53. The van der Waals surface area contributed by atoms with Crippen molar-refractivity contribution < 1.29 is 9.84 Å². The van der Waals surface area contributed by atoms with E-state index in [4.69, 9.17) is 4.74 Å². The van der Waals surface area contributed by atoms with Crippen LogP contribution in [0.15, 0.2) is 0 Å². The molecule has 1 aromatic rings. The van der Waals surface area contributed by atoms with Crippen LogP contribution in [0.4, 0.5) is 5.13 Å². The number of anilines is 1. The Morgan fingerprint density at radius 3 is 3.13 bits per heavy atom. The highest BCUT2D eigenvalue weighted by Gasteiger charge is 2.32. The van der Waals surface area contributed by atoms with Crippen molar-refractivity contribution >= 4 is 16.7 Å². The molecular formula is C9H15N3O2S. The van der Waals surface area contributed by atoms with Crippen LogP contribution in [0.1, 0.15) is 19.2 Å². The molecule has 6 heteroatoms. The number of aliphatic hydroxyl groups is 1. The van der Waals surface area contributed by atoms with Crippen molar-refractivity contribution in [3.8, 4) is 0 Å². The zero-order chi connectivity index (χ0) is 10.7. The van der Waals surface area contributed by atoms with Gasteiger partial charge < -0.3 is 15.2 Å². The molecule has 0 spiro atoms. The molecule has 0 amide bonds. The zero-order valence-electron chi connectivity index (χ0n) is 8.69. The smallest absolute Gasteiger partial charge is 0.202 e. The maximum absolute atomic E-state index is 9.99. The number of aryl methyl sites for hydroxylation is 1. The Morgan fingerprint density at radius 2 is 2.53 bits per heavy atom. The van der Waals surface area contributed by atoms with Gasteiger partial charge in [0.05, 0.1) is 6.61 Å². The largest absolute Gasteiger partial charge is 0.386 e. The van der Waals surface area contributed by atoms with Crippen molar-refractivity contribution in [3.05, 3.63) is 5.82 Å². The topological polar surface area (TPSA) is 67.3 Å². The molecule has 1 aliphatic heterocycles. The Balaban J connectivity index is 1.87. The predicted octanol–water partition coefficient (Wildman–Crippen LogP) is 0.664. The van der Waals surface area contributed by atoms with Gasteiger partial charge in [-0.05, 0) is 0 Å².